The standard InChI is InChI=1S/C19H31NO2/c1-17(2,3)16(21)13-10-14(20-18(4,5)6)12-15(11-13)22-19(7,8)9/h10-12,20H,1-9H3. The molecule has 1 aromatic carbocycles. The lowest BCUT2D eigenvalue weighted by Crippen LogP contribution is -2.27. The zero-order valence-corrected chi connectivity index (χ0v) is 15.5. The van der Waals surface area contributed by atoms with E-state index >= 15 is 0 Å². The molecule has 3 nitrogen and oxygen atoms in total. The molecule has 0 atom stereocenters. The van der Waals surface area contributed by atoms with Gasteiger partial charge in [-0.1, -0.05) is 20.8 Å². The summed E-state index contributed by atoms with van der Waals surface area (Å²) in [6.07, 6.45) is 0. The van der Waals surface area contributed by atoms with Gasteiger partial charge in [-0.15, -0.1) is 0 Å². The van der Waals surface area contributed by atoms with Crippen molar-refractivity contribution in [2.45, 2.75) is 73.5 Å². The predicted octanol–water partition coefficient (Wildman–Crippen LogP) is 5.30. The van der Waals surface area contributed by atoms with Crippen LogP contribution in [0.25, 0.3) is 0 Å². The van der Waals surface area contributed by atoms with Gasteiger partial charge in [0.15, 0.2) is 5.78 Å². The van der Waals surface area contributed by atoms with Crippen LogP contribution >= 0.6 is 0 Å². The molecule has 0 heterocycles. The Balaban J connectivity index is 3.29. The van der Waals surface area contributed by atoms with Crippen LogP contribution in [0.4, 0.5) is 5.69 Å². The van der Waals surface area contributed by atoms with Gasteiger partial charge in [0.25, 0.3) is 0 Å². The van der Waals surface area contributed by atoms with Crippen LogP contribution in [-0.2, 0) is 0 Å². The highest BCUT2D eigenvalue weighted by Gasteiger charge is 2.25. The number of carbonyl (C=O) groups excluding carboxylic acids is 1. The number of ketones is 1. The number of rotatable bonds is 3. The number of hydrogen-bond donors (Lipinski definition) is 1. The number of benzene rings is 1. The molecule has 0 saturated heterocycles. The minimum atomic E-state index is -0.417. The third kappa shape index (κ3) is 6.08. The van der Waals surface area contributed by atoms with Gasteiger partial charge in [-0.2, -0.15) is 0 Å². The minimum Gasteiger partial charge on any atom is -0.488 e. The maximum absolute atomic E-state index is 12.6. The second-order valence-electron chi connectivity index (χ2n) is 8.91. The molecule has 0 radical (unpaired) electrons. The molecule has 0 aromatic heterocycles. The van der Waals surface area contributed by atoms with Crippen molar-refractivity contribution < 1.29 is 9.53 Å². The molecule has 0 fully saturated rings. The number of hydrogen-bond acceptors (Lipinski definition) is 3. The lowest BCUT2D eigenvalue weighted by molar-refractivity contribution is 0.0856. The molecule has 0 aliphatic carbocycles. The van der Waals surface area contributed by atoms with E-state index in [4.69, 9.17) is 4.74 Å². The first-order chi connectivity index (χ1) is 9.67. The van der Waals surface area contributed by atoms with E-state index in [0.29, 0.717) is 11.3 Å². The molecular weight excluding hydrogens is 274 g/mol. The summed E-state index contributed by atoms with van der Waals surface area (Å²) < 4.78 is 5.97. The quantitative estimate of drug-likeness (QED) is 0.770. The summed E-state index contributed by atoms with van der Waals surface area (Å²) in [6, 6.07) is 5.71. The zero-order valence-electron chi connectivity index (χ0n) is 15.5. The summed E-state index contributed by atoms with van der Waals surface area (Å²) in [5.74, 6) is 0.832. The summed E-state index contributed by atoms with van der Waals surface area (Å²) in [4.78, 5) is 12.6. The fourth-order valence-electron chi connectivity index (χ4n) is 2.08. The number of anilines is 1. The summed E-state index contributed by atoms with van der Waals surface area (Å²) in [5.41, 5.74) is 0.785. The Kier molecular flexibility index (Phi) is 5.01. The summed E-state index contributed by atoms with van der Waals surface area (Å²) in [5, 5.41) is 3.42. The molecule has 3 heteroatoms. The average molecular weight is 305 g/mol. The smallest absolute Gasteiger partial charge is 0.168 e. The molecule has 0 spiro atoms. The molecule has 1 aromatic rings. The van der Waals surface area contributed by atoms with Gasteiger partial charge < -0.3 is 10.1 Å². The SMILES string of the molecule is CC(C)(C)Nc1cc(OC(C)(C)C)cc(C(=O)C(C)(C)C)c1. The van der Waals surface area contributed by atoms with Gasteiger partial charge in [0, 0.05) is 28.3 Å². The molecule has 124 valence electrons. The van der Waals surface area contributed by atoms with E-state index in [1.165, 1.54) is 0 Å². The monoisotopic (exact) mass is 305 g/mol. The highest BCUT2D eigenvalue weighted by Crippen LogP contribution is 2.30. The van der Waals surface area contributed by atoms with Crippen molar-refractivity contribution in [3.05, 3.63) is 23.8 Å². The van der Waals surface area contributed by atoms with Crippen molar-refractivity contribution in [3.8, 4) is 5.75 Å². The molecule has 0 bridgehead atoms. The largest absolute Gasteiger partial charge is 0.488 e. The molecule has 1 N–H and O–H groups in total. The van der Waals surface area contributed by atoms with Crippen molar-refractivity contribution in [3.63, 3.8) is 0 Å². The first-order valence-electron chi connectivity index (χ1n) is 7.84. The first-order valence-corrected chi connectivity index (χ1v) is 7.84. The van der Waals surface area contributed by atoms with Crippen molar-refractivity contribution in [2.24, 2.45) is 5.41 Å². The van der Waals surface area contributed by atoms with Gasteiger partial charge >= 0.3 is 0 Å². The van der Waals surface area contributed by atoms with E-state index in [0.717, 1.165) is 5.69 Å². The van der Waals surface area contributed by atoms with Crippen LogP contribution in [0.1, 0.15) is 72.7 Å². The van der Waals surface area contributed by atoms with Crippen LogP contribution in [0.2, 0.25) is 0 Å². The van der Waals surface area contributed by atoms with Gasteiger partial charge in [-0.05, 0) is 53.7 Å². The molecule has 0 unspecified atom stereocenters. The van der Waals surface area contributed by atoms with E-state index in [9.17, 15) is 4.79 Å². The zero-order chi connectivity index (χ0) is 17.3. The molecule has 0 saturated carbocycles. The Labute approximate surface area is 135 Å². The third-order valence-corrected chi connectivity index (χ3v) is 2.79. The Morgan fingerprint density at radius 3 is 1.86 bits per heavy atom. The third-order valence-electron chi connectivity index (χ3n) is 2.79. The summed E-state index contributed by atoms with van der Waals surface area (Å²) in [7, 11) is 0. The normalized spacial score (nSPS) is 13.0. The fraction of sp³-hybridized carbons (Fsp3) is 0.632. The second-order valence-corrected chi connectivity index (χ2v) is 8.91. The average Bonchev–Trinajstić information content (AvgIpc) is 2.21. The molecule has 0 amide bonds. The van der Waals surface area contributed by atoms with Crippen LogP contribution in [-0.4, -0.2) is 16.9 Å². The minimum absolute atomic E-state index is 0.0809. The first kappa shape index (κ1) is 18.5. The number of carbonyl (C=O) groups is 1. The molecule has 0 aliphatic heterocycles. The summed E-state index contributed by atoms with van der Waals surface area (Å²) in [6.45, 7) is 18.1. The van der Waals surface area contributed by atoms with Crippen LogP contribution in [0.15, 0.2) is 18.2 Å². The van der Waals surface area contributed by atoms with E-state index in [2.05, 4.69) is 26.1 Å². The van der Waals surface area contributed by atoms with Gasteiger partial charge in [0.05, 0.1) is 0 Å². The molecule has 0 aliphatic rings. The highest BCUT2D eigenvalue weighted by atomic mass is 16.5. The lowest BCUT2D eigenvalue weighted by atomic mass is 9.86. The Hall–Kier alpha value is -1.51. The van der Waals surface area contributed by atoms with E-state index in [1.807, 2.05) is 59.7 Å². The van der Waals surface area contributed by atoms with E-state index in [-0.39, 0.29) is 16.9 Å². The topological polar surface area (TPSA) is 38.3 Å². The molecular formula is C19H31NO2. The van der Waals surface area contributed by atoms with Gasteiger partial charge in [0.2, 0.25) is 0 Å². The molecule has 1 rings (SSSR count). The van der Waals surface area contributed by atoms with Crippen molar-refractivity contribution >= 4 is 11.5 Å². The number of nitrogens with one attached hydrogen (secondary N) is 1. The Morgan fingerprint density at radius 2 is 1.45 bits per heavy atom. The fourth-order valence-corrected chi connectivity index (χ4v) is 2.08. The molecule has 22 heavy (non-hydrogen) atoms. The van der Waals surface area contributed by atoms with Crippen LogP contribution in [0, 0.1) is 5.41 Å². The van der Waals surface area contributed by atoms with Crippen LogP contribution in [0.5, 0.6) is 5.75 Å². The summed E-state index contributed by atoms with van der Waals surface area (Å²) >= 11 is 0. The second kappa shape index (κ2) is 5.94. The lowest BCUT2D eigenvalue weighted by Gasteiger charge is -2.26. The van der Waals surface area contributed by atoms with E-state index < -0.39 is 5.41 Å². The van der Waals surface area contributed by atoms with Gasteiger partial charge in [-0.25, -0.2) is 0 Å². The van der Waals surface area contributed by atoms with Gasteiger partial charge in [0.1, 0.15) is 11.4 Å². The predicted molar refractivity (Wildman–Crippen MR) is 94.0 cm³/mol. The van der Waals surface area contributed by atoms with Crippen molar-refractivity contribution in [1.29, 1.82) is 0 Å². The maximum Gasteiger partial charge on any atom is 0.168 e. The maximum atomic E-state index is 12.6. The Morgan fingerprint density at radius 1 is 0.909 bits per heavy atom. The number of Topliss-reactive ketones (excluding diaryl/α,β-unsaturated/α-hetero) is 1. The Bertz CT molecular complexity index is 506. The van der Waals surface area contributed by atoms with Crippen molar-refractivity contribution in [2.75, 3.05) is 5.32 Å². The number of ether oxygens (including phenoxy) is 1. The van der Waals surface area contributed by atoms with Crippen LogP contribution < -0.4 is 10.1 Å². The van der Waals surface area contributed by atoms with E-state index in [1.54, 1.807) is 0 Å². The highest BCUT2D eigenvalue weighted by molar-refractivity contribution is 6.01. The van der Waals surface area contributed by atoms with Crippen molar-refractivity contribution in [1.82, 2.24) is 0 Å². The van der Waals surface area contributed by atoms with Gasteiger partial charge in [-0.3, -0.25) is 4.79 Å². The van der Waals surface area contributed by atoms with Crippen LogP contribution in [0.3, 0.4) is 0 Å².